The van der Waals surface area contributed by atoms with Gasteiger partial charge in [-0.1, -0.05) is 19.1 Å². The highest BCUT2D eigenvalue weighted by molar-refractivity contribution is 5.85. The van der Waals surface area contributed by atoms with Crippen molar-refractivity contribution >= 4 is 5.97 Å². The average molecular weight is 206 g/mol. The van der Waals surface area contributed by atoms with Crippen molar-refractivity contribution in [2.45, 2.75) is 20.3 Å². The third kappa shape index (κ3) is 3.46. The number of rotatable bonds is 4. The minimum Gasteiger partial charge on any atom is -0.478 e. The van der Waals surface area contributed by atoms with Crippen LogP contribution in [0.25, 0.3) is 0 Å². The van der Waals surface area contributed by atoms with Gasteiger partial charge in [0, 0.05) is 0 Å². The standard InChI is InChI=1S/C12H14O3/c1-3-10-4-6-11(7-5-10)15-8-9(2)12(13)14/h4-8H,3H2,1-2H3,(H,13,14)/b9-8+. The number of aryl methyl sites for hydroxylation is 1. The number of benzene rings is 1. The Morgan fingerprint density at radius 1 is 1.40 bits per heavy atom. The molecule has 3 heteroatoms. The summed E-state index contributed by atoms with van der Waals surface area (Å²) in [4.78, 5) is 10.5. The Morgan fingerprint density at radius 2 is 2.00 bits per heavy atom. The molecular formula is C12H14O3. The van der Waals surface area contributed by atoms with Gasteiger partial charge in [0.05, 0.1) is 5.57 Å². The molecule has 0 atom stereocenters. The number of carboxylic acid groups (broad SMARTS) is 1. The van der Waals surface area contributed by atoms with E-state index in [4.69, 9.17) is 9.84 Å². The first-order valence-corrected chi connectivity index (χ1v) is 4.79. The minimum atomic E-state index is -0.972. The van der Waals surface area contributed by atoms with Crippen molar-refractivity contribution in [2.75, 3.05) is 0 Å². The highest BCUT2D eigenvalue weighted by Gasteiger charge is 1.99. The molecule has 1 N–H and O–H groups in total. The molecule has 0 amide bonds. The lowest BCUT2D eigenvalue weighted by atomic mass is 10.2. The summed E-state index contributed by atoms with van der Waals surface area (Å²) in [6.45, 7) is 3.56. The molecule has 0 bridgehead atoms. The Kier molecular flexibility index (Phi) is 3.92. The second-order valence-corrected chi connectivity index (χ2v) is 3.22. The molecule has 0 spiro atoms. The largest absolute Gasteiger partial charge is 0.478 e. The molecule has 0 heterocycles. The van der Waals surface area contributed by atoms with Crippen LogP contribution in [0.15, 0.2) is 36.1 Å². The number of hydrogen-bond donors (Lipinski definition) is 1. The number of ether oxygens (including phenoxy) is 1. The molecule has 1 aromatic carbocycles. The average Bonchev–Trinajstić information content (AvgIpc) is 2.26. The first kappa shape index (κ1) is 11.3. The van der Waals surface area contributed by atoms with Gasteiger partial charge in [-0.05, 0) is 31.0 Å². The first-order valence-electron chi connectivity index (χ1n) is 4.79. The van der Waals surface area contributed by atoms with Crippen molar-refractivity contribution in [3.05, 3.63) is 41.7 Å². The van der Waals surface area contributed by atoms with Gasteiger partial charge in [0.1, 0.15) is 12.0 Å². The van der Waals surface area contributed by atoms with E-state index in [1.807, 2.05) is 24.3 Å². The summed E-state index contributed by atoms with van der Waals surface area (Å²) in [5.41, 5.74) is 1.40. The fourth-order valence-corrected chi connectivity index (χ4v) is 1.01. The fraction of sp³-hybridized carbons (Fsp3) is 0.250. The van der Waals surface area contributed by atoms with Gasteiger partial charge in [-0.25, -0.2) is 4.79 Å². The quantitative estimate of drug-likeness (QED) is 0.608. The van der Waals surface area contributed by atoms with E-state index in [2.05, 4.69) is 6.92 Å². The summed E-state index contributed by atoms with van der Waals surface area (Å²) in [5, 5.41) is 8.59. The predicted octanol–water partition coefficient (Wildman–Crippen LogP) is 2.62. The van der Waals surface area contributed by atoms with Crippen LogP contribution in [0.3, 0.4) is 0 Å². The number of carbonyl (C=O) groups is 1. The third-order valence-corrected chi connectivity index (χ3v) is 2.04. The molecule has 15 heavy (non-hydrogen) atoms. The summed E-state index contributed by atoms with van der Waals surface area (Å²) >= 11 is 0. The summed E-state index contributed by atoms with van der Waals surface area (Å²) in [7, 11) is 0. The third-order valence-electron chi connectivity index (χ3n) is 2.04. The van der Waals surface area contributed by atoms with Crippen molar-refractivity contribution in [1.29, 1.82) is 0 Å². The van der Waals surface area contributed by atoms with Crippen LogP contribution in [-0.4, -0.2) is 11.1 Å². The topological polar surface area (TPSA) is 46.5 Å². The Labute approximate surface area is 89.0 Å². The summed E-state index contributed by atoms with van der Waals surface area (Å²) < 4.78 is 5.19. The fourth-order valence-electron chi connectivity index (χ4n) is 1.01. The van der Waals surface area contributed by atoms with Gasteiger partial charge in [0.2, 0.25) is 0 Å². The normalized spacial score (nSPS) is 11.2. The van der Waals surface area contributed by atoms with Crippen LogP contribution in [-0.2, 0) is 11.2 Å². The smallest absolute Gasteiger partial charge is 0.334 e. The van der Waals surface area contributed by atoms with Crippen molar-refractivity contribution in [3.8, 4) is 5.75 Å². The number of carboxylic acids is 1. The van der Waals surface area contributed by atoms with Crippen molar-refractivity contribution < 1.29 is 14.6 Å². The Hall–Kier alpha value is -1.77. The van der Waals surface area contributed by atoms with Gasteiger partial charge in [0.15, 0.2) is 0 Å². The maximum Gasteiger partial charge on any atom is 0.334 e. The zero-order valence-electron chi connectivity index (χ0n) is 8.86. The van der Waals surface area contributed by atoms with Gasteiger partial charge < -0.3 is 9.84 Å². The molecule has 0 saturated heterocycles. The molecule has 80 valence electrons. The summed E-state index contributed by atoms with van der Waals surface area (Å²) in [6, 6.07) is 7.56. The van der Waals surface area contributed by atoms with Crippen LogP contribution in [0, 0.1) is 0 Å². The van der Waals surface area contributed by atoms with Crippen LogP contribution in [0.1, 0.15) is 19.4 Å². The molecule has 0 aliphatic heterocycles. The number of hydrogen-bond acceptors (Lipinski definition) is 2. The van der Waals surface area contributed by atoms with E-state index in [1.165, 1.54) is 18.7 Å². The monoisotopic (exact) mass is 206 g/mol. The molecule has 1 aromatic rings. The predicted molar refractivity (Wildman–Crippen MR) is 57.8 cm³/mol. The lowest BCUT2D eigenvalue weighted by Crippen LogP contribution is -1.98. The molecule has 0 aromatic heterocycles. The Morgan fingerprint density at radius 3 is 2.47 bits per heavy atom. The Balaban J connectivity index is 2.66. The van der Waals surface area contributed by atoms with E-state index in [9.17, 15) is 4.79 Å². The molecule has 0 unspecified atom stereocenters. The second kappa shape index (κ2) is 5.20. The van der Waals surface area contributed by atoms with E-state index in [0.717, 1.165) is 6.42 Å². The van der Waals surface area contributed by atoms with E-state index in [-0.39, 0.29) is 5.57 Å². The van der Waals surface area contributed by atoms with Crippen LogP contribution < -0.4 is 4.74 Å². The zero-order valence-corrected chi connectivity index (χ0v) is 8.86. The zero-order chi connectivity index (χ0) is 11.3. The maximum absolute atomic E-state index is 10.5. The van der Waals surface area contributed by atoms with Crippen LogP contribution in [0.2, 0.25) is 0 Å². The molecule has 0 aliphatic carbocycles. The highest BCUT2D eigenvalue weighted by Crippen LogP contribution is 2.13. The van der Waals surface area contributed by atoms with Crippen LogP contribution in [0.4, 0.5) is 0 Å². The first-order chi connectivity index (χ1) is 7.13. The van der Waals surface area contributed by atoms with E-state index >= 15 is 0 Å². The highest BCUT2D eigenvalue weighted by atomic mass is 16.5. The summed E-state index contributed by atoms with van der Waals surface area (Å²) in [6.07, 6.45) is 2.22. The molecule has 1 rings (SSSR count). The van der Waals surface area contributed by atoms with Gasteiger partial charge in [-0.3, -0.25) is 0 Å². The van der Waals surface area contributed by atoms with Crippen LogP contribution in [0.5, 0.6) is 5.75 Å². The van der Waals surface area contributed by atoms with E-state index in [1.54, 1.807) is 0 Å². The molecule has 0 aliphatic rings. The SMILES string of the molecule is CCc1ccc(O/C=C(\C)C(=O)O)cc1. The van der Waals surface area contributed by atoms with Crippen molar-refractivity contribution in [1.82, 2.24) is 0 Å². The second-order valence-electron chi connectivity index (χ2n) is 3.22. The maximum atomic E-state index is 10.5. The van der Waals surface area contributed by atoms with Gasteiger partial charge in [-0.2, -0.15) is 0 Å². The molecular weight excluding hydrogens is 192 g/mol. The Bertz CT molecular complexity index is 363. The van der Waals surface area contributed by atoms with Gasteiger partial charge in [0.25, 0.3) is 0 Å². The lowest BCUT2D eigenvalue weighted by molar-refractivity contribution is -0.132. The molecule has 0 fully saturated rings. The molecule has 0 saturated carbocycles. The lowest BCUT2D eigenvalue weighted by Gasteiger charge is -2.02. The number of aliphatic carboxylic acids is 1. The molecule has 0 radical (unpaired) electrons. The van der Waals surface area contributed by atoms with E-state index in [0.29, 0.717) is 5.75 Å². The minimum absolute atomic E-state index is 0.176. The van der Waals surface area contributed by atoms with E-state index < -0.39 is 5.97 Å². The van der Waals surface area contributed by atoms with Crippen LogP contribution >= 0.6 is 0 Å². The van der Waals surface area contributed by atoms with Crippen molar-refractivity contribution in [3.63, 3.8) is 0 Å². The van der Waals surface area contributed by atoms with Gasteiger partial charge in [-0.15, -0.1) is 0 Å². The van der Waals surface area contributed by atoms with Gasteiger partial charge >= 0.3 is 5.97 Å². The van der Waals surface area contributed by atoms with Crippen molar-refractivity contribution in [2.24, 2.45) is 0 Å². The molecule has 3 nitrogen and oxygen atoms in total. The summed E-state index contributed by atoms with van der Waals surface area (Å²) in [5.74, 6) is -0.326.